The largest absolute Gasteiger partial charge is 0.494 e. The fourth-order valence-corrected chi connectivity index (χ4v) is 2.06. The van der Waals surface area contributed by atoms with E-state index in [0.29, 0.717) is 5.92 Å². The number of hydrogen-bond donors (Lipinski definition) is 1. The van der Waals surface area contributed by atoms with Crippen LogP contribution in [-0.2, 0) is 0 Å². The van der Waals surface area contributed by atoms with E-state index in [-0.39, 0.29) is 11.5 Å². The van der Waals surface area contributed by atoms with Gasteiger partial charge in [-0.05, 0) is 36.6 Å². The molecule has 0 spiro atoms. The summed E-state index contributed by atoms with van der Waals surface area (Å²) in [6, 6.07) is 3.52. The van der Waals surface area contributed by atoms with Crippen LogP contribution in [0.5, 0.6) is 11.5 Å². The Balaban J connectivity index is 2.37. The van der Waals surface area contributed by atoms with E-state index in [1.807, 2.05) is 0 Å². The van der Waals surface area contributed by atoms with E-state index in [2.05, 4.69) is 5.32 Å². The van der Waals surface area contributed by atoms with Crippen molar-refractivity contribution in [1.82, 2.24) is 5.32 Å². The van der Waals surface area contributed by atoms with Gasteiger partial charge in [-0.25, -0.2) is 0 Å². The van der Waals surface area contributed by atoms with Crippen LogP contribution in [-0.4, -0.2) is 27.3 Å². The molecule has 1 N–H and O–H groups in total. The van der Waals surface area contributed by atoms with Crippen molar-refractivity contribution in [3.05, 3.63) is 23.5 Å². The van der Waals surface area contributed by atoms with E-state index >= 15 is 0 Å². The molecule has 2 rings (SSSR count). The van der Waals surface area contributed by atoms with Crippen molar-refractivity contribution in [3.8, 4) is 11.5 Å². The van der Waals surface area contributed by atoms with Gasteiger partial charge in [0.1, 0.15) is 0 Å². The first kappa shape index (κ1) is 11.2. The average molecular weight is 225 g/mol. The molecule has 0 saturated carbocycles. The molecule has 0 bridgehead atoms. The highest BCUT2D eigenvalue weighted by Gasteiger charge is 2.20. The summed E-state index contributed by atoms with van der Waals surface area (Å²) in [5.74, 6) is 0.491. The van der Waals surface area contributed by atoms with E-state index in [0.717, 1.165) is 25.1 Å². The average Bonchev–Trinajstić information content (AvgIpc) is 2.83. The first-order chi connectivity index (χ1) is 7.76. The van der Waals surface area contributed by atoms with Crippen molar-refractivity contribution in [2.45, 2.75) is 12.3 Å². The van der Waals surface area contributed by atoms with Crippen molar-refractivity contribution < 1.29 is 13.9 Å². The van der Waals surface area contributed by atoms with Gasteiger partial charge in [0, 0.05) is 6.54 Å². The summed E-state index contributed by atoms with van der Waals surface area (Å²) in [5.41, 5.74) is 1.07. The van der Waals surface area contributed by atoms with Gasteiger partial charge in [0.05, 0.1) is 14.2 Å². The molecule has 1 heterocycles. The molecule has 3 nitrogen and oxygen atoms in total. The van der Waals surface area contributed by atoms with Crippen molar-refractivity contribution in [2.75, 3.05) is 27.3 Å². The lowest BCUT2D eigenvalue weighted by Crippen LogP contribution is -2.08. The lowest BCUT2D eigenvalue weighted by Gasteiger charge is -2.13. The first-order valence-corrected chi connectivity index (χ1v) is 5.38. The standard InChI is InChI=1S/C12H16FNO2/c1-15-10-5-9(8-3-4-14-7-8)6-11(16-2)12(10)13/h5-6,8,14H,3-4,7H2,1-2H3. The molecule has 1 aromatic rings. The Kier molecular flexibility index (Phi) is 3.29. The second kappa shape index (κ2) is 4.70. The summed E-state index contributed by atoms with van der Waals surface area (Å²) in [5, 5.41) is 3.28. The van der Waals surface area contributed by atoms with Crippen LogP contribution in [0.1, 0.15) is 17.9 Å². The molecule has 88 valence electrons. The molecule has 0 aromatic heterocycles. The van der Waals surface area contributed by atoms with Gasteiger partial charge >= 0.3 is 0 Å². The molecule has 1 aliphatic rings. The van der Waals surface area contributed by atoms with Crippen LogP contribution in [0.25, 0.3) is 0 Å². The van der Waals surface area contributed by atoms with Gasteiger partial charge in [0.25, 0.3) is 0 Å². The molecule has 1 aromatic carbocycles. The third-order valence-corrected chi connectivity index (χ3v) is 3.00. The van der Waals surface area contributed by atoms with Crippen molar-refractivity contribution >= 4 is 0 Å². The number of rotatable bonds is 3. The number of benzene rings is 1. The van der Waals surface area contributed by atoms with Gasteiger partial charge in [0.2, 0.25) is 5.82 Å². The van der Waals surface area contributed by atoms with Crippen LogP contribution in [0.4, 0.5) is 4.39 Å². The second-order valence-corrected chi connectivity index (χ2v) is 3.93. The molecule has 1 saturated heterocycles. The summed E-state index contributed by atoms with van der Waals surface area (Å²) >= 11 is 0. The van der Waals surface area contributed by atoms with E-state index in [9.17, 15) is 4.39 Å². The zero-order valence-electron chi connectivity index (χ0n) is 9.55. The zero-order valence-corrected chi connectivity index (χ0v) is 9.55. The number of ether oxygens (including phenoxy) is 2. The Bertz CT molecular complexity index is 350. The molecule has 1 unspecified atom stereocenters. The maximum atomic E-state index is 13.7. The van der Waals surface area contributed by atoms with Gasteiger partial charge in [-0.3, -0.25) is 0 Å². The number of methoxy groups -OCH3 is 2. The lowest BCUT2D eigenvalue weighted by molar-refractivity contribution is 0.349. The lowest BCUT2D eigenvalue weighted by atomic mass is 9.98. The van der Waals surface area contributed by atoms with Crippen LogP contribution in [0.2, 0.25) is 0 Å². The molecule has 0 radical (unpaired) electrons. The highest BCUT2D eigenvalue weighted by atomic mass is 19.1. The van der Waals surface area contributed by atoms with E-state index in [1.54, 1.807) is 12.1 Å². The van der Waals surface area contributed by atoms with Crippen LogP contribution in [0, 0.1) is 5.82 Å². The maximum absolute atomic E-state index is 13.7. The Morgan fingerprint density at radius 2 is 1.88 bits per heavy atom. The Morgan fingerprint density at radius 1 is 1.25 bits per heavy atom. The summed E-state index contributed by atoms with van der Waals surface area (Å²) in [7, 11) is 2.93. The predicted molar refractivity (Wildman–Crippen MR) is 59.7 cm³/mol. The molecule has 16 heavy (non-hydrogen) atoms. The Hall–Kier alpha value is -1.29. The summed E-state index contributed by atoms with van der Waals surface area (Å²) < 4.78 is 23.7. The molecule has 1 aliphatic heterocycles. The summed E-state index contributed by atoms with van der Waals surface area (Å²) in [6.45, 7) is 1.94. The minimum atomic E-state index is -0.431. The zero-order chi connectivity index (χ0) is 11.5. The normalized spacial score (nSPS) is 19.8. The molecule has 1 atom stereocenters. The van der Waals surface area contributed by atoms with Gasteiger partial charge in [0.15, 0.2) is 11.5 Å². The minimum absolute atomic E-state index is 0.251. The molecule has 4 heteroatoms. The number of halogens is 1. The SMILES string of the molecule is COc1cc(C2CCNC2)cc(OC)c1F. The van der Waals surface area contributed by atoms with Crippen LogP contribution in [0.15, 0.2) is 12.1 Å². The van der Waals surface area contributed by atoms with Gasteiger partial charge in [-0.1, -0.05) is 0 Å². The molecular weight excluding hydrogens is 209 g/mol. The predicted octanol–water partition coefficient (Wildman–Crippen LogP) is 1.92. The van der Waals surface area contributed by atoms with E-state index < -0.39 is 5.82 Å². The highest BCUT2D eigenvalue weighted by molar-refractivity contribution is 5.42. The van der Waals surface area contributed by atoms with Crippen LogP contribution >= 0.6 is 0 Å². The number of nitrogens with one attached hydrogen (secondary N) is 1. The van der Waals surface area contributed by atoms with E-state index in [4.69, 9.17) is 9.47 Å². The Labute approximate surface area is 94.6 Å². The van der Waals surface area contributed by atoms with Crippen molar-refractivity contribution in [3.63, 3.8) is 0 Å². The van der Waals surface area contributed by atoms with Crippen LogP contribution in [0.3, 0.4) is 0 Å². The maximum Gasteiger partial charge on any atom is 0.206 e. The highest BCUT2D eigenvalue weighted by Crippen LogP contribution is 2.33. The minimum Gasteiger partial charge on any atom is -0.494 e. The quantitative estimate of drug-likeness (QED) is 0.852. The van der Waals surface area contributed by atoms with Gasteiger partial charge < -0.3 is 14.8 Å². The topological polar surface area (TPSA) is 30.5 Å². The molecule has 0 amide bonds. The third kappa shape index (κ3) is 1.97. The molecule has 1 fully saturated rings. The number of hydrogen-bond acceptors (Lipinski definition) is 3. The summed E-state index contributed by atoms with van der Waals surface area (Å²) in [4.78, 5) is 0. The molecule has 0 aliphatic carbocycles. The van der Waals surface area contributed by atoms with Gasteiger partial charge in [-0.15, -0.1) is 0 Å². The van der Waals surface area contributed by atoms with Gasteiger partial charge in [-0.2, -0.15) is 4.39 Å². The molecular formula is C12H16FNO2. The first-order valence-electron chi connectivity index (χ1n) is 5.38. The fourth-order valence-electron chi connectivity index (χ4n) is 2.06. The second-order valence-electron chi connectivity index (χ2n) is 3.93. The van der Waals surface area contributed by atoms with E-state index in [1.165, 1.54) is 14.2 Å². The monoisotopic (exact) mass is 225 g/mol. The van der Waals surface area contributed by atoms with Crippen LogP contribution < -0.4 is 14.8 Å². The summed E-state index contributed by atoms with van der Waals surface area (Å²) in [6.07, 6.45) is 1.07. The Morgan fingerprint density at radius 3 is 2.31 bits per heavy atom. The van der Waals surface area contributed by atoms with Crippen molar-refractivity contribution in [1.29, 1.82) is 0 Å². The van der Waals surface area contributed by atoms with Crippen molar-refractivity contribution in [2.24, 2.45) is 0 Å². The third-order valence-electron chi connectivity index (χ3n) is 3.00. The smallest absolute Gasteiger partial charge is 0.206 e. The fraction of sp³-hybridized carbons (Fsp3) is 0.500.